The summed E-state index contributed by atoms with van der Waals surface area (Å²) in [6.07, 6.45) is 0. The number of pyridine rings is 1. The average molecular weight is 475 g/mol. The van der Waals surface area contributed by atoms with E-state index in [1.54, 1.807) is 12.1 Å². The molecule has 0 atom stereocenters. The second-order valence-electron chi connectivity index (χ2n) is 7.47. The smallest absolute Gasteiger partial charge is 0.229 e. The van der Waals surface area contributed by atoms with Gasteiger partial charge in [-0.15, -0.1) is 0 Å². The Morgan fingerprint density at radius 3 is 2.36 bits per heavy atom. The van der Waals surface area contributed by atoms with Crippen LogP contribution in [0.5, 0.6) is 0 Å². The number of aromatic nitrogens is 2. The van der Waals surface area contributed by atoms with Gasteiger partial charge in [0, 0.05) is 5.33 Å². The highest BCUT2D eigenvalue weighted by molar-refractivity contribution is 9.08. The van der Waals surface area contributed by atoms with Crippen molar-refractivity contribution in [3.63, 3.8) is 0 Å². The topological polar surface area (TPSA) is 52.0 Å². The van der Waals surface area contributed by atoms with Crippen molar-refractivity contribution in [1.29, 1.82) is 0 Å². The molecule has 0 aliphatic rings. The standard InChI is InChI=1S/C19H18BrF3N2O2S/c1-10-15(21)14-16(22)13(9-20)25(17(14)18(23)24-10)28(26,27)12-7-5-6-11(8-12)19(2,3)4/h5-8H,9H2,1-4H3. The number of hydrogen-bond acceptors (Lipinski definition) is 3. The first-order valence-corrected chi connectivity index (χ1v) is 10.9. The van der Waals surface area contributed by atoms with Crippen molar-refractivity contribution in [2.75, 3.05) is 0 Å². The number of nitrogens with zero attached hydrogens (tertiary/aromatic N) is 2. The van der Waals surface area contributed by atoms with E-state index in [-0.39, 0.29) is 21.3 Å². The number of halogens is 4. The van der Waals surface area contributed by atoms with Crippen molar-refractivity contribution in [3.05, 3.63) is 58.8 Å². The van der Waals surface area contributed by atoms with Gasteiger partial charge < -0.3 is 0 Å². The zero-order chi connectivity index (χ0) is 21.0. The summed E-state index contributed by atoms with van der Waals surface area (Å²) in [5, 5.41) is -0.987. The third-order valence-corrected chi connectivity index (χ3v) is 6.79. The molecular formula is C19H18BrF3N2O2S. The van der Waals surface area contributed by atoms with Crippen molar-refractivity contribution >= 4 is 36.9 Å². The van der Waals surface area contributed by atoms with Crippen molar-refractivity contribution in [2.45, 2.75) is 43.3 Å². The minimum atomic E-state index is -4.42. The molecule has 0 amide bonds. The zero-order valence-electron chi connectivity index (χ0n) is 15.6. The van der Waals surface area contributed by atoms with E-state index in [2.05, 4.69) is 20.9 Å². The molecule has 1 aromatic carbocycles. The lowest BCUT2D eigenvalue weighted by Crippen LogP contribution is -2.18. The highest BCUT2D eigenvalue weighted by atomic mass is 79.9. The van der Waals surface area contributed by atoms with Crippen LogP contribution in [0.15, 0.2) is 29.2 Å². The molecule has 0 fully saturated rings. The van der Waals surface area contributed by atoms with Crippen LogP contribution in [-0.4, -0.2) is 17.4 Å². The fraction of sp³-hybridized carbons (Fsp3) is 0.316. The van der Waals surface area contributed by atoms with Gasteiger partial charge in [0.15, 0.2) is 11.6 Å². The number of hydrogen-bond donors (Lipinski definition) is 0. The van der Waals surface area contributed by atoms with Crippen LogP contribution in [0.1, 0.15) is 37.7 Å². The monoisotopic (exact) mass is 474 g/mol. The van der Waals surface area contributed by atoms with Gasteiger partial charge in [-0.2, -0.15) is 4.39 Å². The van der Waals surface area contributed by atoms with Crippen LogP contribution >= 0.6 is 15.9 Å². The van der Waals surface area contributed by atoms with Crippen molar-refractivity contribution in [2.24, 2.45) is 0 Å². The van der Waals surface area contributed by atoms with Crippen LogP contribution in [0.25, 0.3) is 10.9 Å². The molecule has 0 N–H and O–H groups in total. The molecule has 3 rings (SSSR count). The van der Waals surface area contributed by atoms with Crippen LogP contribution in [0.3, 0.4) is 0 Å². The number of benzene rings is 1. The molecule has 0 unspecified atom stereocenters. The van der Waals surface area contributed by atoms with Gasteiger partial charge in [-0.1, -0.05) is 48.8 Å². The summed E-state index contributed by atoms with van der Waals surface area (Å²) in [6.45, 7) is 6.92. The van der Waals surface area contributed by atoms with E-state index >= 15 is 0 Å². The third kappa shape index (κ3) is 3.14. The summed E-state index contributed by atoms with van der Waals surface area (Å²) in [5.41, 5.74) is -1.11. The molecule has 0 radical (unpaired) electrons. The molecule has 0 spiro atoms. The van der Waals surface area contributed by atoms with Crippen molar-refractivity contribution in [1.82, 2.24) is 8.96 Å². The quantitative estimate of drug-likeness (QED) is 0.387. The minimum Gasteiger partial charge on any atom is -0.229 e. The molecule has 150 valence electrons. The highest BCUT2D eigenvalue weighted by Gasteiger charge is 2.32. The Balaban J connectivity index is 2.43. The molecule has 2 aromatic heterocycles. The Labute approximate surface area is 169 Å². The average Bonchev–Trinajstić information content (AvgIpc) is 2.93. The molecule has 2 heterocycles. The van der Waals surface area contributed by atoms with Crippen molar-refractivity contribution < 1.29 is 21.6 Å². The number of alkyl halides is 1. The molecule has 0 bridgehead atoms. The Kier molecular flexibility index (Phi) is 5.12. The Morgan fingerprint density at radius 2 is 1.79 bits per heavy atom. The number of fused-ring (bicyclic) bond motifs is 1. The van der Waals surface area contributed by atoms with E-state index in [1.165, 1.54) is 19.1 Å². The second-order valence-corrected chi connectivity index (χ2v) is 9.81. The van der Waals surface area contributed by atoms with E-state index in [0.717, 1.165) is 5.56 Å². The molecule has 9 heteroatoms. The normalized spacial score (nSPS) is 12.7. The summed E-state index contributed by atoms with van der Waals surface area (Å²) < 4.78 is 71.1. The zero-order valence-corrected chi connectivity index (χ0v) is 18.1. The Morgan fingerprint density at radius 1 is 1.14 bits per heavy atom. The van der Waals surface area contributed by atoms with Crippen LogP contribution < -0.4 is 0 Å². The third-order valence-electron chi connectivity index (χ3n) is 4.52. The lowest BCUT2D eigenvalue weighted by Gasteiger charge is -2.20. The Hall–Kier alpha value is -1.87. The van der Waals surface area contributed by atoms with E-state index in [9.17, 15) is 21.6 Å². The van der Waals surface area contributed by atoms with E-state index < -0.39 is 44.2 Å². The fourth-order valence-corrected chi connectivity index (χ4v) is 5.24. The summed E-state index contributed by atoms with van der Waals surface area (Å²) in [6, 6.07) is 6.11. The molecule has 0 saturated carbocycles. The maximum Gasteiger partial charge on any atom is 0.268 e. The van der Waals surface area contributed by atoms with Gasteiger partial charge >= 0.3 is 0 Å². The second kappa shape index (κ2) is 6.88. The fourth-order valence-electron chi connectivity index (χ4n) is 3.00. The Bertz CT molecular complexity index is 1200. The highest BCUT2D eigenvalue weighted by Crippen LogP contribution is 2.35. The molecule has 4 nitrogen and oxygen atoms in total. The van der Waals surface area contributed by atoms with Crippen LogP contribution in [-0.2, 0) is 20.8 Å². The summed E-state index contributed by atoms with van der Waals surface area (Å²) in [5.74, 6) is -3.48. The summed E-state index contributed by atoms with van der Waals surface area (Å²) >= 11 is 3.03. The lowest BCUT2D eigenvalue weighted by molar-refractivity contribution is 0.559. The molecule has 3 aromatic rings. The van der Waals surface area contributed by atoms with Crippen LogP contribution in [0.4, 0.5) is 13.2 Å². The first-order chi connectivity index (χ1) is 12.9. The van der Waals surface area contributed by atoms with Gasteiger partial charge in [-0.3, -0.25) is 0 Å². The van der Waals surface area contributed by atoms with Crippen molar-refractivity contribution in [3.8, 4) is 0 Å². The SMILES string of the molecule is Cc1nc(F)c2c(c1F)c(F)c(CBr)n2S(=O)(=O)c1cccc(C(C)(C)C)c1. The number of aryl methyl sites for hydroxylation is 1. The van der Waals surface area contributed by atoms with Gasteiger partial charge in [0.2, 0.25) is 5.95 Å². The predicted octanol–water partition coefficient (Wildman–Crippen LogP) is 5.19. The first kappa shape index (κ1) is 20.9. The van der Waals surface area contributed by atoms with Gasteiger partial charge in [-0.25, -0.2) is 26.2 Å². The van der Waals surface area contributed by atoms with E-state index in [4.69, 9.17) is 0 Å². The lowest BCUT2D eigenvalue weighted by atomic mass is 9.87. The van der Waals surface area contributed by atoms with Gasteiger partial charge in [0.05, 0.1) is 21.7 Å². The van der Waals surface area contributed by atoms with Gasteiger partial charge in [-0.05, 0) is 30.0 Å². The first-order valence-electron chi connectivity index (χ1n) is 8.37. The summed E-state index contributed by atoms with van der Waals surface area (Å²) in [7, 11) is -4.42. The largest absolute Gasteiger partial charge is 0.268 e. The maximum atomic E-state index is 14.9. The molecule has 0 aliphatic carbocycles. The minimum absolute atomic E-state index is 0.153. The molecule has 28 heavy (non-hydrogen) atoms. The van der Waals surface area contributed by atoms with E-state index in [1.807, 2.05) is 20.8 Å². The van der Waals surface area contributed by atoms with Crippen LogP contribution in [0.2, 0.25) is 0 Å². The molecule has 0 saturated heterocycles. The van der Waals surface area contributed by atoms with Gasteiger partial charge in [0.1, 0.15) is 5.52 Å². The number of rotatable bonds is 3. The predicted molar refractivity (Wildman–Crippen MR) is 105 cm³/mol. The molecule has 0 aliphatic heterocycles. The van der Waals surface area contributed by atoms with E-state index in [0.29, 0.717) is 3.97 Å². The van der Waals surface area contributed by atoms with Gasteiger partial charge in [0.25, 0.3) is 10.0 Å². The maximum absolute atomic E-state index is 14.9. The molecular weight excluding hydrogens is 457 g/mol. The summed E-state index contributed by atoms with van der Waals surface area (Å²) in [4.78, 5) is 3.25. The van der Waals surface area contributed by atoms with Crippen LogP contribution in [0, 0.1) is 24.5 Å².